The van der Waals surface area contributed by atoms with Crippen molar-refractivity contribution in [1.29, 1.82) is 0 Å². The molecule has 1 amide bonds. The van der Waals surface area contributed by atoms with Crippen LogP contribution < -0.4 is 0 Å². The van der Waals surface area contributed by atoms with Gasteiger partial charge < -0.3 is 9.64 Å². The van der Waals surface area contributed by atoms with E-state index in [4.69, 9.17) is 4.74 Å². The Morgan fingerprint density at radius 2 is 2.43 bits per heavy atom. The van der Waals surface area contributed by atoms with Gasteiger partial charge in [-0.25, -0.2) is 0 Å². The highest BCUT2D eigenvalue weighted by Crippen LogP contribution is 2.49. The number of aromatic nitrogens is 2. The number of ether oxygens (including phenoxy) is 1. The van der Waals surface area contributed by atoms with Crippen LogP contribution in [0.15, 0.2) is 23.6 Å². The van der Waals surface area contributed by atoms with Crippen LogP contribution in [0.1, 0.15) is 36.7 Å². The SMILES string of the molecule is CCOC1CC2(CCN(C(=O)c3cc(-c4cccs4)[nH]n3)C2)C1. The van der Waals surface area contributed by atoms with Crippen LogP contribution in [0.2, 0.25) is 0 Å². The number of likely N-dealkylation sites (tertiary alicyclic amines) is 1. The summed E-state index contributed by atoms with van der Waals surface area (Å²) in [5.41, 5.74) is 1.73. The highest BCUT2D eigenvalue weighted by atomic mass is 32.1. The monoisotopic (exact) mass is 331 g/mol. The molecule has 1 spiro atoms. The number of thiophene rings is 1. The number of nitrogens with zero attached hydrogens (tertiary/aromatic N) is 2. The molecule has 0 bridgehead atoms. The van der Waals surface area contributed by atoms with Crippen molar-refractivity contribution >= 4 is 17.2 Å². The summed E-state index contributed by atoms with van der Waals surface area (Å²) in [5.74, 6) is 0.0424. The fourth-order valence-corrected chi connectivity index (χ4v) is 4.55. The third kappa shape index (κ3) is 2.70. The topological polar surface area (TPSA) is 58.2 Å². The summed E-state index contributed by atoms with van der Waals surface area (Å²) in [7, 11) is 0. The van der Waals surface area contributed by atoms with Gasteiger partial charge in [0.15, 0.2) is 5.69 Å². The zero-order chi connectivity index (χ0) is 15.9. The van der Waals surface area contributed by atoms with E-state index in [-0.39, 0.29) is 5.91 Å². The van der Waals surface area contributed by atoms with Crippen LogP contribution in [-0.4, -0.2) is 46.8 Å². The van der Waals surface area contributed by atoms with E-state index >= 15 is 0 Å². The molecule has 1 aliphatic heterocycles. The smallest absolute Gasteiger partial charge is 0.274 e. The summed E-state index contributed by atoms with van der Waals surface area (Å²) < 4.78 is 5.67. The van der Waals surface area contributed by atoms with Crippen LogP contribution in [0, 0.1) is 5.41 Å². The van der Waals surface area contributed by atoms with E-state index in [0.29, 0.717) is 17.2 Å². The molecule has 2 aliphatic rings. The highest BCUT2D eigenvalue weighted by molar-refractivity contribution is 7.13. The molecule has 2 fully saturated rings. The third-order valence-electron chi connectivity index (χ3n) is 5.03. The molecule has 1 aliphatic carbocycles. The third-order valence-corrected chi connectivity index (χ3v) is 5.94. The summed E-state index contributed by atoms with van der Waals surface area (Å²) in [6.07, 6.45) is 3.66. The van der Waals surface area contributed by atoms with E-state index in [0.717, 1.165) is 49.5 Å². The number of hydrogen-bond acceptors (Lipinski definition) is 4. The van der Waals surface area contributed by atoms with E-state index in [9.17, 15) is 4.79 Å². The Labute approximate surface area is 139 Å². The molecule has 0 radical (unpaired) electrons. The predicted octanol–water partition coefficient (Wildman–Crippen LogP) is 3.17. The van der Waals surface area contributed by atoms with Crippen molar-refractivity contribution in [1.82, 2.24) is 15.1 Å². The lowest BCUT2D eigenvalue weighted by Crippen LogP contribution is -2.45. The van der Waals surface area contributed by atoms with Crippen molar-refractivity contribution < 1.29 is 9.53 Å². The lowest BCUT2D eigenvalue weighted by atomic mass is 9.66. The molecule has 2 aromatic rings. The van der Waals surface area contributed by atoms with Crippen LogP contribution >= 0.6 is 11.3 Å². The second-order valence-electron chi connectivity index (χ2n) is 6.61. The predicted molar refractivity (Wildman–Crippen MR) is 89.5 cm³/mol. The van der Waals surface area contributed by atoms with Crippen LogP contribution in [0.3, 0.4) is 0 Å². The summed E-state index contributed by atoms with van der Waals surface area (Å²) in [4.78, 5) is 15.7. The van der Waals surface area contributed by atoms with Gasteiger partial charge in [0.2, 0.25) is 0 Å². The number of aromatic amines is 1. The standard InChI is InChI=1S/C17H21N3O2S/c1-2-22-12-9-17(10-12)5-6-20(11-17)16(21)14-8-13(18-19-14)15-4-3-7-23-15/h3-4,7-8,12H,2,5-6,9-11H2,1H3,(H,18,19). The fraction of sp³-hybridized carbons (Fsp3) is 0.529. The molecular formula is C17H21N3O2S. The first kappa shape index (κ1) is 14.9. The molecule has 0 unspecified atom stereocenters. The number of amides is 1. The van der Waals surface area contributed by atoms with E-state index in [1.807, 2.05) is 35.4 Å². The number of H-pyrrole nitrogens is 1. The van der Waals surface area contributed by atoms with Gasteiger partial charge in [-0.1, -0.05) is 6.07 Å². The first-order chi connectivity index (χ1) is 11.2. The number of hydrogen-bond donors (Lipinski definition) is 1. The summed E-state index contributed by atoms with van der Waals surface area (Å²) in [6, 6.07) is 5.89. The van der Waals surface area contributed by atoms with Gasteiger partial charge in [0.1, 0.15) is 0 Å². The van der Waals surface area contributed by atoms with Crippen molar-refractivity contribution in [2.24, 2.45) is 5.41 Å². The van der Waals surface area contributed by atoms with Crippen molar-refractivity contribution in [2.45, 2.75) is 32.3 Å². The molecule has 1 N–H and O–H groups in total. The minimum absolute atomic E-state index is 0.0424. The summed E-state index contributed by atoms with van der Waals surface area (Å²) >= 11 is 1.64. The van der Waals surface area contributed by atoms with E-state index in [1.165, 1.54) is 0 Å². The minimum Gasteiger partial charge on any atom is -0.378 e. The number of nitrogens with one attached hydrogen (secondary N) is 1. The Kier molecular flexibility index (Phi) is 3.73. The quantitative estimate of drug-likeness (QED) is 0.936. The Balaban J connectivity index is 1.41. The summed E-state index contributed by atoms with van der Waals surface area (Å²) in [6.45, 7) is 4.50. The largest absolute Gasteiger partial charge is 0.378 e. The van der Waals surface area contributed by atoms with Crippen molar-refractivity contribution in [3.8, 4) is 10.6 Å². The number of carbonyl (C=O) groups excluding carboxylic acids is 1. The molecule has 1 saturated heterocycles. The second kappa shape index (κ2) is 5.76. The van der Waals surface area contributed by atoms with E-state index in [1.54, 1.807) is 11.3 Å². The Morgan fingerprint density at radius 1 is 1.57 bits per heavy atom. The molecule has 6 heteroatoms. The van der Waals surface area contributed by atoms with E-state index < -0.39 is 0 Å². The van der Waals surface area contributed by atoms with Crippen molar-refractivity contribution in [2.75, 3.05) is 19.7 Å². The maximum Gasteiger partial charge on any atom is 0.274 e. The highest BCUT2D eigenvalue weighted by Gasteiger charge is 2.50. The van der Waals surface area contributed by atoms with Crippen LogP contribution in [0.25, 0.3) is 10.6 Å². The molecule has 3 heterocycles. The minimum atomic E-state index is 0.0424. The van der Waals surface area contributed by atoms with Gasteiger partial charge in [-0.3, -0.25) is 9.89 Å². The maximum atomic E-state index is 12.7. The molecule has 23 heavy (non-hydrogen) atoms. The number of carbonyl (C=O) groups is 1. The van der Waals surface area contributed by atoms with Gasteiger partial charge in [-0.15, -0.1) is 11.3 Å². The molecule has 0 atom stereocenters. The first-order valence-electron chi connectivity index (χ1n) is 8.19. The van der Waals surface area contributed by atoms with Gasteiger partial charge >= 0.3 is 0 Å². The normalized spacial score (nSPS) is 26.7. The molecule has 5 nitrogen and oxygen atoms in total. The first-order valence-corrected chi connectivity index (χ1v) is 9.07. The van der Waals surface area contributed by atoms with Crippen LogP contribution in [0.5, 0.6) is 0 Å². The average molecular weight is 331 g/mol. The maximum absolute atomic E-state index is 12.7. The van der Waals surface area contributed by atoms with Gasteiger partial charge in [0, 0.05) is 19.7 Å². The molecule has 1 saturated carbocycles. The molecule has 4 rings (SSSR count). The lowest BCUT2D eigenvalue weighted by molar-refractivity contribution is -0.0708. The van der Waals surface area contributed by atoms with Crippen LogP contribution in [0.4, 0.5) is 0 Å². The Hall–Kier alpha value is -1.66. The van der Waals surface area contributed by atoms with E-state index in [2.05, 4.69) is 10.2 Å². The molecule has 0 aromatic carbocycles. The second-order valence-corrected chi connectivity index (χ2v) is 7.55. The summed E-state index contributed by atoms with van der Waals surface area (Å²) in [5, 5.41) is 9.22. The molecule has 122 valence electrons. The zero-order valence-electron chi connectivity index (χ0n) is 13.2. The van der Waals surface area contributed by atoms with Crippen molar-refractivity contribution in [3.05, 3.63) is 29.3 Å². The van der Waals surface area contributed by atoms with Gasteiger partial charge in [-0.05, 0) is 49.1 Å². The average Bonchev–Trinajstić information content (AvgIpc) is 3.25. The van der Waals surface area contributed by atoms with Gasteiger partial charge in [-0.2, -0.15) is 5.10 Å². The van der Waals surface area contributed by atoms with Gasteiger partial charge in [0.25, 0.3) is 5.91 Å². The van der Waals surface area contributed by atoms with Crippen LogP contribution in [-0.2, 0) is 4.74 Å². The zero-order valence-corrected chi connectivity index (χ0v) is 14.1. The lowest BCUT2D eigenvalue weighted by Gasteiger charge is -2.44. The van der Waals surface area contributed by atoms with Crippen molar-refractivity contribution in [3.63, 3.8) is 0 Å². The molecular weight excluding hydrogens is 310 g/mol. The molecule has 2 aromatic heterocycles. The Morgan fingerprint density at radius 3 is 3.17 bits per heavy atom. The fourth-order valence-electron chi connectivity index (χ4n) is 3.85. The van der Waals surface area contributed by atoms with Gasteiger partial charge in [0.05, 0.1) is 16.7 Å². The number of rotatable bonds is 4. The Bertz CT molecular complexity index is 689.